The molecule has 3 aromatic rings. The average molecular weight is 289 g/mol. The van der Waals surface area contributed by atoms with E-state index in [1.54, 1.807) is 18.3 Å². The summed E-state index contributed by atoms with van der Waals surface area (Å²) in [6.45, 7) is 0. The van der Waals surface area contributed by atoms with E-state index < -0.39 is 0 Å². The number of nitrogens with one attached hydrogen (secondary N) is 1. The first-order valence-electron chi connectivity index (χ1n) is 6.97. The van der Waals surface area contributed by atoms with E-state index in [4.69, 9.17) is 0 Å². The highest BCUT2D eigenvalue weighted by Gasteiger charge is 2.31. The molecule has 1 aromatic heterocycles. The Labute approximate surface area is 128 Å². The summed E-state index contributed by atoms with van der Waals surface area (Å²) in [5, 5.41) is 1.90. The highest BCUT2D eigenvalue weighted by atomic mass is 19.1. The third-order valence-corrected chi connectivity index (χ3v) is 3.65. The molecule has 2 heterocycles. The number of benzene rings is 2. The largest absolute Gasteiger partial charge is 0.258 e. The molecule has 2 radical (unpaired) electrons. The summed E-state index contributed by atoms with van der Waals surface area (Å²) >= 11 is 0. The van der Waals surface area contributed by atoms with Crippen molar-refractivity contribution in [3.8, 4) is 0 Å². The molecule has 2 aromatic carbocycles. The molecule has 0 saturated carbocycles. The van der Waals surface area contributed by atoms with Crippen LogP contribution in [-0.4, -0.2) is 4.98 Å². The van der Waals surface area contributed by atoms with Gasteiger partial charge in [-0.1, -0.05) is 24.3 Å². The minimum Gasteiger partial charge on any atom is -0.258 e. The number of hydrazine groups is 1. The molecule has 0 saturated heterocycles. The molecular weight excluding hydrogens is 277 g/mol. The van der Waals surface area contributed by atoms with Gasteiger partial charge in [-0.05, 0) is 48.0 Å². The van der Waals surface area contributed by atoms with Crippen LogP contribution in [0.25, 0.3) is 0 Å². The van der Waals surface area contributed by atoms with Crippen LogP contribution in [-0.2, 0) is 0 Å². The molecule has 1 aliphatic rings. The zero-order valence-corrected chi connectivity index (χ0v) is 11.6. The van der Waals surface area contributed by atoms with Crippen molar-refractivity contribution in [1.29, 1.82) is 0 Å². The van der Waals surface area contributed by atoms with Crippen LogP contribution in [0.15, 0.2) is 60.8 Å². The molecule has 22 heavy (non-hydrogen) atoms. The fourth-order valence-electron chi connectivity index (χ4n) is 2.67. The quantitative estimate of drug-likeness (QED) is 0.781. The van der Waals surface area contributed by atoms with Crippen LogP contribution in [0.5, 0.6) is 0 Å². The number of rotatable bonds is 2. The van der Waals surface area contributed by atoms with Crippen LogP contribution >= 0.6 is 0 Å². The van der Waals surface area contributed by atoms with Crippen molar-refractivity contribution in [2.24, 2.45) is 0 Å². The minimum atomic E-state index is -0.252. The molecule has 1 N–H and O–H groups in total. The monoisotopic (exact) mass is 289 g/mol. The summed E-state index contributed by atoms with van der Waals surface area (Å²) in [7, 11) is 0. The third-order valence-electron chi connectivity index (χ3n) is 3.65. The maximum absolute atomic E-state index is 13.5. The van der Waals surface area contributed by atoms with Crippen molar-refractivity contribution >= 4 is 11.5 Å². The Morgan fingerprint density at radius 3 is 2.82 bits per heavy atom. The summed E-state index contributed by atoms with van der Waals surface area (Å²) in [6, 6.07) is 22.0. The van der Waals surface area contributed by atoms with Crippen LogP contribution in [0, 0.1) is 17.9 Å². The van der Waals surface area contributed by atoms with Crippen molar-refractivity contribution in [3.05, 3.63) is 89.9 Å². The molecule has 4 rings (SSSR count). The molecule has 1 aliphatic heterocycles. The summed E-state index contributed by atoms with van der Waals surface area (Å²) in [5.74, 6) is 0.528. The van der Waals surface area contributed by atoms with E-state index in [-0.39, 0.29) is 11.9 Å². The van der Waals surface area contributed by atoms with Crippen molar-refractivity contribution in [2.75, 3.05) is 5.01 Å². The van der Waals surface area contributed by atoms with Gasteiger partial charge in [0.2, 0.25) is 0 Å². The van der Waals surface area contributed by atoms with Crippen molar-refractivity contribution in [1.82, 2.24) is 10.4 Å². The molecule has 1 unspecified atom stereocenters. The van der Waals surface area contributed by atoms with Gasteiger partial charge in [-0.15, -0.1) is 0 Å². The van der Waals surface area contributed by atoms with Gasteiger partial charge in [0.25, 0.3) is 0 Å². The first kappa shape index (κ1) is 13.0. The lowest BCUT2D eigenvalue weighted by atomic mass is 10.0. The number of fused-ring (bicyclic) bond motifs is 1. The fourth-order valence-corrected chi connectivity index (χ4v) is 2.67. The molecule has 4 heteroatoms. The molecule has 0 amide bonds. The van der Waals surface area contributed by atoms with E-state index in [1.165, 1.54) is 12.1 Å². The van der Waals surface area contributed by atoms with Crippen molar-refractivity contribution in [2.45, 2.75) is 6.04 Å². The van der Waals surface area contributed by atoms with Gasteiger partial charge in [-0.2, -0.15) is 0 Å². The van der Waals surface area contributed by atoms with Crippen LogP contribution in [0.3, 0.4) is 0 Å². The molecule has 3 nitrogen and oxygen atoms in total. The topological polar surface area (TPSA) is 28.2 Å². The molecule has 1 atom stereocenters. The zero-order chi connectivity index (χ0) is 14.9. The second kappa shape index (κ2) is 5.24. The summed E-state index contributed by atoms with van der Waals surface area (Å²) < 4.78 is 13.5. The van der Waals surface area contributed by atoms with E-state index in [2.05, 4.69) is 22.5 Å². The lowest BCUT2D eigenvalue weighted by Crippen LogP contribution is -2.30. The fraction of sp³-hybridized carbons (Fsp3) is 0.0556. The van der Waals surface area contributed by atoms with Gasteiger partial charge in [0.15, 0.2) is 5.82 Å². The molecular formula is C18H12FN3. The Kier molecular flexibility index (Phi) is 3.09. The molecule has 106 valence electrons. The lowest BCUT2D eigenvalue weighted by Gasteiger charge is -2.20. The smallest absolute Gasteiger partial charge is 0.153 e. The number of aromatic nitrogens is 1. The maximum Gasteiger partial charge on any atom is 0.153 e. The van der Waals surface area contributed by atoms with Gasteiger partial charge in [-0.25, -0.2) is 14.8 Å². The predicted octanol–water partition coefficient (Wildman–Crippen LogP) is 3.57. The number of nitrogens with zero attached hydrogens (tertiary/aromatic N) is 2. The van der Waals surface area contributed by atoms with Crippen molar-refractivity contribution in [3.63, 3.8) is 0 Å². The van der Waals surface area contributed by atoms with E-state index in [9.17, 15) is 4.39 Å². The highest BCUT2D eigenvalue weighted by molar-refractivity contribution is 5.66. The average Bonchev–Trinajstić information content (AvgIpc) is 2.95. The third kappa shape index (κ3) is 2.14. The van der Waals surface area contributed by atoms with Gasteiger partial charge in [0.05, 0.1) is 11.7 Å². The number of pyridine rings is 1. The standard InChI is InChI=1S/C18H12FN3/c19-14-7-4-6-13(12-14)17-16-10-5-11-20-18(16)22(21-17)15-8-2-1-3-9-15/h2-9,11-12,17,21H. The number of hydrogen-bond donors (Lipinski definition) is 1. The Morgan fingerprint density at radius 1 is 1.14 bits per heavy atom. The van der Waals surface area contributed by atoms with Crippen LogP contribution < -0.4 is 10.4 Å². The van der Waals surface area contributed by atoms with Gasteiger partial charge < -0.3 is 0 Å². The minimum absolute atomic E-state index is 0.177. The first-order chi connectivity index (χ1) is 10.8. The number of hydrogen-bond acceptors (Lipinski definition) is 3. The highest BCUT2D eigenvalue weighted by Crippen LogP contribution is 2.38. The summed E-state index contributed by atoms with van der Waals surface area (Å²) in [5.41, 5.74) is 6.07. The lowest BCUT2D eigenvalue weighted by molar-refractivity contribution is 0.614. The van der Waals surface area contributed by atoms with E-state index >= 15 is 0 Å². The zero-order valence-electron chi connectivity index (χ0n) is 11.6. The van der Waals surface area contributed by atoms with Gasteiger partial charge in [0.1, 0.15) is 5.82 Å². The van der Waals surface area contributed by atoms with Gasteiger partial charge >= 0.3 is 0 Å². The Balaban J connectivity index is 1.81. The van der Waals surface area contributed by atoms with Crippen LogP contribution in [0.4, 0.5) is 15.9 Å². The van der Waals surface area contributed by atoms with E-state index in [0.29, 0.717) is 0 Å². The van der Waals surface area contributed by atoms with E-state index in [1.807, 2.05) is 35.3 Å². The Bertz CT molecular complexity index is 804. The predicted molar refractivity (Wildman–Crippen MR) is 81.9 cm³/mol. The molecule has 0 fully saturated rings. The Hall–Kier alpha value is -2.72. The second-order valence-corrected chi connectivity index (χ2v) is 5.04. The second-order valence-electron chi connectivity index (χ2n) is 5.04. The van der Waals surface area contributed by atoms with E-state index in [0.717, 1.165) is 22.6 Å². The first-order valence-corrected chi connectivity index (χ1v) is 6.97. The maximum atomic E-state index is 13.5. The molecule has 0 spiro atoms. The molecule has 0 aliphatic carbocycles. The van der Waals surface area contributed by atoms with Gasteiger partial charge in [-0.3, -0.25) is 5.01 Å². The molecule has 0 bridgehead atoms. The SMILES string of the molecule is Fc1cccc(C2NN(c3cc[c]cc3)c3ncc[c]c32)c1. The van der Waals surface area contributed by atoms with Crippen molar-refractivity contribution < 1.29 is 4.39 Å². The normalized spacial score (nSPS) is 16.6. The van der Waals surface area contributed by atoms with Crippen LogP contribution in [0.2, 0.25) is 0 Å². The van der Waals surface area contributed by atoms with Gasteiger partial charge in [0, 0.05) is 11.8 Å². The summed E-state index contributed by atoms with van der Waals surface area (Å²) in [6.07, 6.45) is 1.70. The van der Waals surface area contributed by atoms with Crippen LogP contribution in [0.1, 0.15) is 17.2 Å². The number of halogens is 1. The Morgan fingerprint density at radius 2 is 2.00 bits per heavy atom. The number of anilines is 2. The summed E-state index contributed by atoms with van der Waals surface area (Å²) in [4.78, 5) is 4.44.